The van der Waals surface area contributed by atoms with Gasteiger partial charge in [0.05, 0.1) is 44.8 Å². The van der Waals surface area contributed by atoms with Gasteiger partial charge < -0.3 is 9.26 Å². The van der Waals surface area contributed by atoms with Crippen molar-refractivity contribution < 1.29 is 14.1 Å². The molecule has 158 valence electrons. The number of ether oxygens (including phenoxy) is 1. The Labute approximate surface area is 184 Å². The van der Waals surface area contributed by atoms with Gasteiger partial charge in [-0.15, -0.1) is 0 Å². The van der Waals surface area contributed by atoms with E-state index < -0.39 is 5.97 Å². The van der Waals surface area contributed by atoms with E-state index in [0.717, 1.165) is 27.9 Å². The van der Waals surface area contributed by atoms with Crippen molar-refractivity contribution in [3.05, 3.63) is 82.8 Å². The number of pyridine rings is 1. The van der Waals surface area contributed by atoms with E-state index in [2.05, 4.69) is 20.1 Å². The summed E-state index contributed by atoms with van der Waals surface area (Å²) in [4.78, 5) is 26.8. The molecule has 0 fully saturated rings. The second-order valence-electron chi connectivity index (χ2n) is 7.69. The number of carbonyl (C=O) groups is 1. The minimum absolute atomic E-state index is 0.0104. The molecular weight excluding hydrogens is 404 g/mol. The highest BCUT2D eigenvalue weighted by atomic mass is 16.5. The number of nitrogens with zero attached hydrogens (tertiary/aromatic N) is 4. The first-order chi connectivity index (χ1) is 15.5. The second-order valence-corrected chi connectivity index (χ2v) is 7.69. The van der Waals surface area contributed by atoms with Crippen molar-refractivity contribution in [1.29, 1.82) is 0 Å². The van der Waals surface area contributed by atoms with E-state index in [9.17, 15) is 4.79 Å². The molecule has 0 spiro atoms. The fourth-order valence-corrected chi connectivity index (χ4v) is 3.60. The predicted octanol–water partition coefficient (Wildman–Crippen LogP) is 5.12. The molecule has 0 unspecified atom stereocenters. The number of benzene rings is 2. The number of hydrogen-bond acceptors (Lipinski definition) is 7. The van der Waals surface area contributed by atoms with Crippen LogP contribution in [-0.2, 0) is 11.3 Å². The smallest absolute Gasteiger partial charge is 0.339 e. The number of aryl methyl sites for hydroxylation is 3. The Balaban J connectivity index is 1.49. The summed E-state index contributed by atoms with van der Waals surface area (Å²) >= 11 is 0. The molecule has 5 aromatic rings. The molecule has 3 heterocycles. The molecule has 5 rings (SSSR count). The van der Waals surface area contributed by atoms with Gasteiger partial charge in [0.2, 0.25) is 0 Å². The third-order valence-corrected chi connectivity index (χ3v) is 5.37. The van der Waals surface area contributed by atoms with Crippen LogP contribution in [0.2, 0.25) is 0 Å². The topological polar surface area (TPSA) is 91.0 Å². The van der Waals surface area contributed by atoms with Crippen molar-refractivity contribution in [2.75, 3.05) is 0 Å². The number of fused-ring (bicyclic) bond motifs is 2. The third-order valence-electron chi connectivity index (χ3n) is 5.37. The highest BCUT2D eigenvalue weighted by Gasteiger charge is 2.21. The summed E-state index contributed by atoms with van der Waals surface area (Å²) in [6, 6.07) is 17.2. The molecule has 2 aromatic carbocycles. The van der Waals surface area contributed by atoms with Crippen LogP contribution in [0.5, 0.6) is 0 Å². The van der Waals surface area contributed by atoms with Gasteiger partial charge in [-0.3, -0.25) is 0 Å². The van der Waals surface area contributed by atoms with E-state index in [-0.39, 0.29) is 6.61 Å². The van der Waals surface area contributed by atoms with Gasteiger partial charge in [-0.25, -0.2) is 19.7 Å². The molecule has 0 aliphatic rings. The van der Waals surface area contributed by atoms with E-state index in [0.29, 0.717) is 33.7 Å². The Hall–Kier alpha value is -4.13. The second kappa shape index (κ2) is 7.85. The molecule has 0 aliphatic carbocycles. The fourth-order valence-electron chi connectivity index (χ4n) is 3.60. The maximum Gasteiger partial charge on any atom is 0.339 e. The lowest BCUT2D eigenvalue weighted by atomic mass is 10.0. The number of aromatic nitrogens is 4. The van der Waals surface area contributed by atoms with Crippen LogP contribution in [0.1, 0.15) is 33.0 Å². The molecule has 0 N–H and O–H groups in total. The van der Waals surface area contributed by atoms with Gasteiger partial charge in [0.1, 0.15) is 6.61 Å². The Morgan fingerprint density at radius 1 is 0.906 bits per heavy atom. The van der Waals surface area contributed by atoms with Crippen molar-refractivity contribution >= 4 is 28.1 Å². The number of para-hydroxylation sites is 2. The Morgan fingerprint density at radius 3 is 2.38 bits per heavy atom. The molecule has 0 atom stereocenters. The lowest BCUT2D eigenvalue weighted by molar-refractivity contribution is 0.0469. The van der Waals surface area contributed by atoms with Crippen LogP contribution in [0.25, 0.3) is 33.4 Å². The average Bonchev–Trinajstić information content (AvgIpc) is 3.18. The quantitative estimate of drug-likeness (QED) is 0.370. The zero-order valence-electron chi connectivity index (χ0n) is 17.9. The van der Waals surface area contributed by atoms with Crippen LogP contribution < -0.4 is 0 Å². The SMILES string of the molecule is Cc1ccc(-c2cc(C(=O)OCc3nc4ccccc4nc3C)c3c(C)noc3n2)cc1. The predicted molar refractivity (Wildman–Crippen MR) is 120 cm³/mol. The Bertz CT molecular complexity index is 1470. The van der Waals surface area contributed by atoms with Crippen molar-refractivity contribution in [2.24, 2.45) is 0 Å². The van der Waals surface area contributed by atoms with Gasteiger partial charge in [-0.05, 0) is 39.0 Å². The van der Waals surface area contributed by atoms with Crippen molar-refractivity contribution in [3.8, 4) is 11.3 Å². The number of rotatable bonds is 4. The summed E-state index contributed by atoms with van der Waals surface area (Å²) < 4.78 is 11.0. The molecule has 0 radical (unpaired) electrons. The zero-order valence-corrected chi connectivity index (χ0v) is 17.9. The third kappa shape index (κ3) is 3.58. The van der Waals surface area contributed by atoms with Crippen molar-refractivity contribution in [1.82, 2.24) is 20.1 Å². The van der Waals surface area contributed by atoms with Gasteiger partial charge in [-0.1, -0.05) is 47.1 Å². The lowest BCUT2D eigenvalue weighted by Gasteiger charge is -2.10. The molecule has 7 nitrogen and oxygen atoms in total. The lowest BCUT2D eigenvalue weighted by Crippen LogP contribution is -2.09. The zero-order chi connectivity index (χ0) is 22.2. The van der Waals surface area contributed by atoms with E-state index in [4.69, 9.17) is 9.26 Å². The molecule has 3 aromatic heterocycles. The maximum absolute atomic E-state index is 13.1. The van der Waals surface area contributed by atoms with Gasteiger partial charge >= 0.3 is 5.97 Å². The van der Waals surface area contributed by atoms with Gasteiger partial charge in [-0.2, -0.15) is 0 Å². The normalized spacial score (nSPS) is 11.2. The maximum atomic E-state index is 13.1. The Morgan fingerprint density at radius 2 is 1.62 bits per heavy atom. The van der Waals surface area contributed by atoms with E-state index in [1.807, 2.05) is 62.4 Å². The van der Waals surface area contributed by atoms with Gasteiger partial charge in [0, 0.05) is 5.56 Å². The summed E-state index contributed by atoms with van der Waals surface area (Å²) in [6.07, 6.45) is 0. The molecule has 32 heavy (non-hydrogen) atoms. The first kappa shape index (κ1) is 19.8. The summed E-state index contributed by atoms with van der Waals surface area (Å²) in [7, 11) is 0. The van der Waals surface area contributed by atoms with E-state index >= 15 is 0 Å². The van der Waals surface area contributed by atoms with Crippen LogP contribution in [0, 0.1) is 20.8 Å². The molecule has 7 heteroatoms. The number of hydrogen-bond donors (Lipinski definition) is 0. The van der Waals surface area contributed by atoms with Crippen LogP contribution >= 0.6 is 0 Å². The monoisotopic (exact) mass is 424 g/mol. The first-order valence-electron chi connectivity index (χ1n) is 10.2. The Kier molecular flexibility index (Phi) is 4.86. The summed E-state index contributed by atoms with van der Waals surface area (Å²) in [5.41, 5.74) is 6.75. The number of esters is 1. The molecule has 0 saturated carbocycles. The largest absolute Gasteiger partial charge is 0.455 e. The van der Waals surface area contributed by atoms with Crippen LogP contribution in [-0.4, -0.2) is 26.1 Å². The average molecular weight is 424 g/mol. The highest BCUT2D eigenvalue weighted by molar-refractivity contribution is 6.04. The van der Waals surface area contributed by atoms with Crippen LogP contribution in [0.15, 0.2) is 59.1 Å². The minimum Gasteiger partial charge on any atom is -0.455 e. The molecule has 0 saturated heterocycles. The molecule has 0 bridgehead atoms. The summed E-state index contributed by atoms with van der Waals surface area (Å²) in [5, 5.41) is 4.53. The van der Waals surface area contributed by atoms with Crippen molar-refractivity contribution in [3.63, 3.8) is 0 Å². The first-order valence-corrected chi connectivity index (χ1v) is 10.2. The number of carbonyl (C=O) groups excluding carboxylic acids is 1. The molecule has 0 aliphatic heterocycles. The fraction of sp³-hybridized carbons (Fsp3) is 0.160. The highest BCUT2D eigenvalue weighted by Crippen LogP contribution is 2.28. The summed E-state index contributed by atoms with van der Waals surface area (Å²) in [5.74, 6) is -0.494. The van der Waals surface area contributed by atoms with Crippen molar-refractivity contribution in [2.45, 2.75) is 27.4 Å². The standard InChI is InChI=1S/C25H20N4O3/c1-14-8-10-17(11-9-14)21-12-18(23-16(3)29-32-24(23)28-21)25(30)31-13-22-15(2)26-19-6-4-5-7-20(19)27-22/h4-12H,13H2,1-3H3. The summed E-state index contributed by atoms with van der Waals surface area (Å²) in [6.45, 7) is 5.65. The van der Waals surface area contributed by atoms with Crippen LogP contribution in [0.3, 0.4) is 0 Å². The van der Waals surface area contributed by atoms with Gasteiger partial charge in [0.15, 0.2) is 0 Å². The minimum atomic E-state index is -0.494. The van der Waals surface area contributed by atoms with E-state index in [1.165, 1.54) is 0 Å². The van der Waals surface area contributed by atoms with E-state index in [1.54, 1.807) is 13.0 Å². The molecular formula is C25H20N4O3. The van der Waals surface area contributed by atoms with Gasteiger partial charge in [0.25, 0.3) is 5.71 Å². The molecule has 0 amide bonds. The van der Waals surface area contributed by atoms with Crippen LogP contribution in [0.4, 0.5) is 0 Å².